The zero-order chi connectivity index (χ0) is 7.84. The molecule has 0 amide bonds. The monoisotopic (exact) mass is 417 g/mol. The van der Waals surface area contributed by atoms with Crippen LogP contribution in [0, 0.1) is 6.20 Å². The fourth-order valence-corrected chi connectivity index (χ4v) is 0.792. The van der Waals surface area contributed by atoms with Crippen LogP contribution in [0.4, 0.5) is 5.95 Å². The molecule has 2 aromatic heterocycles. The van der Waals surface area contributed by atoms with Gasteiger partial charge in [0.25, 0.3) is 0 Å². The van der Waals surface area contributed by atoms with Gasteiger partial charge in [0.1, 0.15) is 5.95 Å². The molecule has 0 aliphatic heterocycles. The van der Waals surface area contributed by atoms with E-state index in [2.05, 4.69) is 26.1 Å². The number of nitrogen functional groups attached to an aromatic ring is 1. The molecular formula is C5H4N5ORf-. The van der Waals surface area contributed by atoms with E-state index in [4.69, 9.17) is 5.73 Å². The van der Waals surface area contributed by atoms with Crippen molar-refractivity contribution >= 4 is 17.1 Å². The number of rotatable bonds is 0. The van der Waals surface area contributed by atoms with E-state index in [1.807, 2.05) is 0 Å². The second kappa shape index (κ2) is 2.08. The summed E-state index contributed by atoms with van der Waals surface area (Å²) in [7, 11) is 0. The first-order valence-corrected chi connectivity index (χ1v) is 2.89. The first-order valence-electron chi connectivity index (χ1n) is 2.89. The first kappa shape index (κ1) is 7.26. The minimum Gasteiger partial charge on any atom is -0.420 e. The van der Waals surface area contributed by atoms with Crippen LogP contribution in [0.25, 0.3) is 11.2 Å². The van der Waals surface area contributed by atoms with Crippen LogP contribution in [-0.2, 0) is 0 Å². The Hall–Kier alpha value is -2.85. The standard InChI is InChI=1S/C5H4N5O.Rf/c6-4-7-1-2-3(9-4)10-5(11)8-2;/h(H4,6,7,8,9,10,11);/q-1;. The summed E-state index contributed by atoms with van der Waals surface area (Å²) in [4.78, 5) is 22.8. The van der Waals surface area contributed by atoms with E-state index in [0.29, 0.717) is 11.2 Å². The van der Waals surface area contributed by atoms with Gasteiger partial charge < -0.3 is 25.7 Å². The van der Waals surface area contributed by atoms with E-state index in [0.717, 1.165) is 0 Å². The second-order valence-corrected chi connectivity index (χ2v) is 2.00. The summed E-state index contributed by atoms with van der Waals surface area (Å²) >= 11 is 0. The third-order valence-corrected chi connectivity index (χ3v) is 1.22. The molecule has 0 radical (unpaired) electrons. The van der Waals surface area contributed by atoms with E-state index in [1.54, 1.807) is 0 Å². The van der Waals surface area contributed by atoms with Crippen molar-refractivity contribution in [3.05, 3.63) is 16.7 Å². The van der Waals surface area contributed by atoms with Crippen LogP contribution < -0.4 is 11.4 Å². The number of nitrogens with two attached hydrogens (primary N) is 1. The summed E-state index contributed by atoms with van der Waals surface area (Å²) in [6.45, 7) is 0. The Balaban J connectivity index is 0.000000720. The van der Waals surface area contributed by atoms with Crippen LogP contribution >= 0.6 is 0 Å². The van der Waals surface area contributed by atoms with Gasteiger partial charge in [-0.05, 0) is 11.7 Å². The molecule has 6 nitrogen and oxygen atoms in total. The van der Waals surface area contributed by atoms with Crippen molar-refractivity contribution in [3.8, 4) is 0 Å². The molecular weight excluding hydrogens is 413 g/mol. The number of hydrogen-bond donors (Lipinski definition) is 3. The van der Waals surface area contributed by atoms with Gasteiger partial charge in [-0.1, -0.05) is 0 Å². The minimum absolute atomic E-state index is 0. The molecule has 0 aliphatic rings. The fraction of sp³-hybridized carbons (Fsp3) is 0. The Morgan fingerprint density at radius 3 is 2.92 bits per heavy atom. The molecule has 2 rings (SSSR count). The number of nitrogens with one attached hydrogen (secondary N) is 2. The van der Waals surface area contributed by atoms with E-state index < -0.39 is 0 Å². The van der Waals surface area contributed by atoms with E-state index >= 15 is 0 Å². The molecule has 0 atom stereocenters. The van der Waals surface area contributed by atoms with Gasteiger partial charge in [-0.25, -0.2) is 4.79 Å². The normalized spacial score (nSPS) is 9.67. The van der Waals surface area contributed by atoms with Gasteiger partial charge in [-0.2, -0.15) is 0 Å². The average molecular weight is 417 g/mol. The Bertz CT molecular complexity index is 446. The third-order valence-electron chi connectivity index (χ3n) is 1.22. The first-order chi connectivity index (χ1) is 5.25. The zero-order valence-electron chi connectivity index (χ0n) is 6.09. The third kappa shape index (κ3) is 0.821. The van der Waals surface area contributed by atoms with Crippen LogP contribution in [0.3, 0.4) is 0 Å². The largest absolute Gasteiger partial charge is 0.420 e. The number of hydrogen-bond acceptors (Lipinski definition) is 4. The quantitative estimate of drug-likeness (QED) is 0.481. The Kier molecular flexibility index (Phi) is 1.26. The summed E-state index contributed by atoms with van der Waals surface area (Å²) in [5.41, 5.74) is 5.72. The predicted molar refractivity (Wildman–Crippen MR) is 37.8 cm³/mol. The Labute approximate surface area is 60.5 Å². The van der Waals surface area contributed by atoms with Gasteiger partial charge in [-0.15, -0.1) is 0 Å². The SMILES string of the molecule is Nc1n[c-]c2[nH]c(=O)[nH]c2n1.[Rf]. The zero-order valence-corrected chi connectivity index (χ0v) is 12.5. The summed E-state index contributed by atoms with van der Waals surface area (Å²) in [6.07, 6.45) is 2.52. The van der Waals surface area contributed by atoms with Crippen LogP contribution in [0.2, 0.25) is 0 Å². The molecule has 12 heavy (non-hydrogen) atoms. The number of aromatic nitrogens is 4. The number of H-pyrrole nitrogens is 2. The molecule has 0 aliphatic carbocycles. The summed E-state index contributed by atoms with van der Waals surface area (Å²) in [5.74, 6) is 0.0905. The smallest absolute Gasteiger partial charge is 0.312 e. The fourth-order valence-electron chi connectivity index (χ4n) is 0.792. The number of aromatic amines is 2. The van der Waals surface area contributed by atoms with Crippen molar-refractivity contribution in [1.29, 1.82) is 0 Å². The maximum atomic E-state index is 10.7. The number of nitrogens with zero attached hydrogens (tertiary/aromatic N) is 2. The molecule has 58 valence electrons. The van der Waals surface area contributed by atoms with Crippen LogP contribution in [0.15, 0.2) is 4.79 Å². The second-order valence-electron chi connectivity index (χ2n) is 2.00. The Morgan fingerprint density at radius 2 is 2.17 bits per heavy atom. The molecule has 0 saturated carbocycles. The molecule has 7 heteroatoms. The van der Waals surface area contributed by atoms with E-state index in [9.17, 15) is 4.79 Å². The number of imidazole rings is 1. The number of fused-ring (bicyclic) bond motifs is 1. The summed E-state index contributed by atoms with van der Waals surface area (Å²) in [5, 5.41) is 0. The van der Waals surface area contributed by atoms with Crippen molar-refractivity contribution in [2.45, 2.75) is 0 Å². The maximum absolute atomic E-state index is 10.7. The predicted octanol–water partition coefficient (Wildman–Crippen LogP) is -0.971. The van der Waals surface area contributed by atoms with Crippen molar-refractivity contribution < 1.29 is 0 Å². The van der Waals surface area contributed by atoms with Crippen LogP contribution in [0.5, 0.6) is 0 Å². The Morgan fingerprint density at radius 1 is 1.42 bits per heavy atom. The molecule has 0 bridgehead atoms. The van der Waals surface area contributed by atoms with Gasteiger partial charge in [0.15, 0.2) is 0 Å². The summed E-state index contributed by atoms with van der Waals surface area (Å²) < 4.78 is 0. The minimum atomic E-state index is -0.337. The van der Waals surface area contributed by atoms with E-state index in [-0.39, 0.29) is 11.6 Å². The van der Waals surface area contributed by atoms with E-state index in [1.165, 1.54) is 0 Å². The van der Waals surface area contributed by atoms with Gasteiger partial charge >= 0.3 is 5.69 Å². The van der Waals surface area contributed by atoms with Crippen molar-refractivity contribution in [2.75, 3.05) is 5.73 Å². The topological polar surface area (TPSA) is 100 Å². The molecule has 0 aromatic carbocycles. The van der Waals surface area contributed by atoms with Gasteiger partial charge in [-0.3, -0.25) is 0 Å². The molecule has 0 saturated heterocycles. The summed E-state index contributed by atoms with van der Waals surface area (Å²) in [6, 6.07) is 0. The number of anilines is 1. The molecule has 2 heterocycles. The van der Waals surface area contributed by atoms with Crippen molar-refractivity contribution in [1.82, 2.24) is 19.9 Å². The molecule has 0 unspecified atom stereocenters. The molecule has 0 spiro atoms. The molecule has 4 N–H and O–H groups in total. The van der Waals surface area contributed by atoms with Crippen molar-refractivity contribution in [2.24, 2.45) is 0 Å². The van der Waals surface area contributed by atoms with Gasteiger partial charge in [0.05, 0.1) is 0 Å². The van der Waals surface area contributed by atoms with Gasteiger partial charge in [0.2, 0.25) is 0 Å². The molecule has 0 fully saturated rings. The van der Waals surface area contributed by atoms with Crippen LogP contribution in [-0.4, -0.2) is 19.9 Å². The van der Waals surface area contributed by atoms with Gasteiger partial charge in [0, 0.05) is 5.65 Å². The average Bonchev–Trinajstić information content (AvgIpc) is 2.27. The maximum Gasteiger partial charge on any atom is 0.312 e. The molecule has 2 aromatic rings. The van der Waals surface area contributed by atoms with Crippen LogP contribution in [0.1, 0.15) is 0 Å². The van der Waals surface area contributed by atoms with Crippen molar-refractivity contribution in [3.63, 3.8) is 0 Å².